The van der Waals surface area contributed by atoms with Gasteiger partial charge in [-0.3, -0.25) is 9.59 Å². The minimum atomic E-state index is -1.00. The molecule has 0 saturated heterocycles. The quantitative estimate of drug-likeness (QED) is 0.175. The van der Waals surface area contributed by atoms with Crippen LogP contribution in [0, 0.1) is 6.92 Å². The van der Waals surface area contributed by atoms with E-state index in [-0.39, 0.29) is 11.4 Å². The van der Waals surface area contributed by atoms with Gasteiger partial charge in [-0.15, -0.1) is 0 Å². The van der Waals surface area contributed by atoms with Gasteiger partial charge in [0.05, 0.1) is 11.3 Å². The van der Waals surface area contributed by atoms with Gasteiger partial charge >= 0.3 is 17.8 Å². The summed E-state index contributed by atoms with van der Waals surface area (Å²) in [5.74, 6) is -2.22. The number of carbonyl (C=O) groups is 3. The summed E-state index contributed by atoms with van der Waals surface area (Å²) in [4.78, 5) is 36.7. The van der Waals surface area contributed by atoms with Crippen LogP contribution < -0.4 is 15.5 Å². The van der Waals surface area contributed by atoms with Crippen molar-refractivity contribution in [2.75, 3.05) is 5.32 Å². The Bertz CT molecular complexity index is 1220. The standard InChI is InChI=1S/C24H19Cl2N3O4/c1-14-7-9-16(10-8-14)24(32)33-21-6-4-3-5-20(21)15(2)28-29-23(31)22(30)27-19-12-17(25)11-18(26)13-19/h3-13H,1-2H3,(H,27,30)(H,29,31)/b28-15+. The number of nitrogens with zero attached hydrogens (tertiary/aromatic N) is 1. The second-order valence-electron chi connectivity index (χ2n) is 7.00. The van der Waals surface area contributed by atoms with E-state index in [1.807, 2.05) is 19.1 Å². The number of amides is 2. The number of benzene rings is 3. The van der Waals surface area contributed by atoms with Crippen LogP contribution >= 0.6 is 23.2 Å². The van der Waals surface area contributed by atoms with E-state index in [0.717, 1.165) is 5.56 Å². The molecule has 0 radical (unpaired) electrons. The molecule has 3 rings (SSSR count). The number of anilines is 1. The van der Waals surface area contributed by atoms with Crippen molar-refractivity contribution >= 4 is 52.4 Å². The molecule has 0 fully saturated rings. The molecule has 9 heteroatoms. The van der Waals surface area contributed by atoms with E-state index in [0.29, 0.717) is 26.9 Å². The van der Waals surface area contributed by atoms with Crippen LogP contribution in [0.4, 0.5) is 5.69 Å². The third kappa shape index (κ3) is 6.65. The molecule has 2 amide bonds. The summed E-state index contributed by atoms with van der Waals surface area (Å²) in [6.07, 6.45) is 0. The molecule has 0 aliphatic heterocycles. The van der Waals surface area contributed by atoms with Crippen molar-refractivity contribution in [2.45, 2.75) is 13.8 Å². The van der Waals surface area contributed by atoms with Crippen molar-refractivity contribution in [1.82, 2.24) is 5.43 Å². The molecular weight excluding hydrogens is 465 g/mol. The van der Waals surface area contributed by atoms with Crippen LogP contribution in [0.5, 0.6) is 5.75 Å². The number of nitrogens with one attached hydrogen (secondary N) is 2. The van der Waals surface area contributed by atoms with Crippen LogP contribution in [-0.2, 0) is 9.59 Å². The lowest BCUT2D eigenvalue weighted by atomic mass is 10.1. The highest BCUT2D eigenvalue weighted by molar-refractivity contribution is 6.40. The largest absolute Gasteiger partial charge is 0.422 e. The Morgan fingerprint density at radius 1 is 0.879 bits per heavy atom. The molecule has 7 nitrogen and oxygen atoms in total. The molecular formula is C24H19Cl2N3O4. The lowest BCUT2D eigenvalue weighted by Gasteiger charge is -2.10. The molecule has 0 unspecified atom stereocenters. The van der Waals surface area contributed by atoms with Crippen LogP contribution in [0.3, 0.4) is 0 Å². The molecule has 3 aromatic rings. The Morgan fingerprint density at radius 3 is 2.18 bits per heavy atom. The highest BCUT2D eigenvalue weighted by atomic mass is 35.5. The zero-order chi connectivity index (χ0) is 24.0. The second-order valence-corrected chi connectivity index (χ2v) is 7.87. The maximum atomic E-state index is 12.5. The third-order valence-corrected chi connectivity index (χ3v) is 4.86. The fourth-order valence-corrected chi connectivity index (χ4v) is 3.29. The number of hydrogen-bond acceptors (Lipinski definition) is 5. The van der Waals surface area contributed by atoms with E-state index in [1.54, 1.807) is 43.3 Å². The number of para-hydroxylation sites is 1. The maximum absolute atomic E-state index is 12.5. The van der Waals surface area contributed by atoms with Gasteiger partial charge in [-0.25, -0.2) is 10.2 Å². The number of esters is 1. The van der Waals surface area contributed by atoms with Crippen LogP contribution in [0.1, 0.15) is 28.4 Å². The van der Waals surface area contributed by atoms with Gasteiger partial charge in [0.25, 0.3) is 0 Å². The highest BCUT2D eigenvalue weighted by Crippen LogP contribution is 2.23. The molecule has 0 bridgehead atoms. The number of ether oxygens (including phenoxy) is 1. The molecule has 0 spiro atoms. The van der Waals surface area contributed by atoms with E-state index < -0.39 is 17.8 Å². The Hall–Kier alpha value is -3.68. The number of carbonyl (C=O) groups excluding carboxylic acids is 3. The van der Waals surface area contributed by atoms with Crippen molar-refractivity contribution < 1.29 is 19.1 Å². The van der Waals surface area contributed by atoms with Crippen molar-refractivity contribution in [1.29, 1.82) is 0 Å². The number of hydrazone groups is 1. The average molecular weight is 484 g/mol. The normalized spacial score (nSPS) is 11.0. The molecule has 33 heavy (non-hydrogen) atoms. The summed E-state index contributed by atoms with van der Waals surface area (Å²) < 4.78 is 5.51. The summed E-state index contributed by atoms with van der Waals surface area (Å²) >= 11 is 11.8. The van der Waals surface area contributed by atoms with Gasteiger partial charge in [-0.1, -0.05) is 53.0 Å². The van der Waals surface area contributed by atoms with Crippen LogP contribution in [0.25, 0.3) is 0 Å². The first kappa shape index (κ1) is 24.0. The van der Waals surface area contributed by atoms with E-state index >= 15 is 0 Å². The smallest absolute Gasteiger partial charge is 0.343 e. The van der Waals surface area contributed by atoms with Gasteiger partial charge in [-0.05, 0) is 56.3 Å². The molecule has 0 heterocycles. The minimum Gasteiger partial charge on any atom is -0.422 e. The molecule has 0 aromatic heterocycles. The summed E-state index contributed by atoms with van der Waals surface area (Å²) in [6.45, 7) is 3.52. The van der Waals surface area contributed by atoms with Gasteiger partial charge in [0.2, 0.25) is 0 Å². The van der Waals surface area contributed by atoms with Gasteiger partial charge in [0.1, 0.15) is 5.75 Å². The molecule has 0 atom stereocenters. The van der Waals surface area contributed by atoms with Crippen molar-refractivity contribution in [3.8, 4) is 5.75 Å². The number of aryl methyl sites for hydroxylation is 1. The summed E-state index contributed by atoms with van der Waals surface area (Å²) in [5, 5.41) is 6.96. The second kappa shape index (κ2) is 10.8. The predicted octanol–water partition coefficient (Wildman–Crippen LogP) is 5.00. The van der Waals surface area contributed by atoms with Gasteiger partial charge in [-0.2, -0.15) is 5.10 Å². The van der Waals surface area contributed by atoms with E-state index in [4.69, 9.17) is 27.9 Å². The van der Waals surface area contributed by atoms with E-state index in [9.17, 15) is 14.4 Å². The summed E-state index contributed by atoms with van der Waals surface area (Å²) in [6, 6.07) is 18.1. The molecule has 0 aliphatic rings. The zero-order valence-corrected chi connectivity index (χ0v) is 19.2. The number of halogens is 2. The fraction of sp³-hybridized carbons (Fsp3) is 0.0833. The number of hydrogen-bond donors (Lipinski definition) is 2. The topological polar surface area (TPSA) is 96.9 Å². The first-order valence-electron chi connectivity index (χ1n) is 9.73. The Morgan fingerprint density at radius 2 is 1.52 bits per heavy atom. The molecule has 0 saturated carbocycles. The van der Waals surface area contributed by atoms with Crippen LogP contribution in [0.2, 0.25) is 10.0 Å². The first-order valence-corrected chi connectivity index (χ1v) is 10.5. The Labute approximate surface area is 200 Å². The molecule has 0 aliphatic carbocycles. The predicted molar refractivity (Wildman–Crippen MR) is 128 cm³/mol. The maximum Gasteiger partial charge on any atom is 0.343 e. The van der Waals surface area contributed by atoms with Gasteiger partial charge in [0.15, 0.2) is 0 Å². The lowest BCUT2D eigenvalue weighted by molar-refractivity contribution is -0.136. The monoisotopic (exact) mass is 483 g/mol. The van der Waals surface area contributed by atoms with Crippen molar-refractivity contribution in [3.63, 3.8) is 0 Å². The molecule has 3 aromatic carbocycles. The van der Waals surface area contributed by atoms with Crippen LogP contribution in [0.15, 0.2) is 71.8 Å². The average Bonchev–Trinajstić information content (AvgIpc) is 2.77. The fourth-order valence-electron chi connectivity index (χ4n) is 2.76. The molecule has 168 valence electrons. The minimum absolute atomic E-state index is 0.261. The Balaban J connectivity index is 1.69. The van der Waals surface area contributed by atoms with Crippen molar-refractivity contribution in [2.24, 2.45) is 5.10 Å². The first-order chi connectivity index (χ1) is 15.7. The van der Waals surface area contributed by atoms with Gasteiger partial charge in [0, 0.05) is 21.3 Å². The highest BCUT2D eigenvalue weighted by Gasteiger charge is 2.16. The number of rotatable bonds is 5. The third-order valence-electron chi connectivity index (χ3n) is 4.42. The van der Waals surface area contributed by atoms with Crippen LogP contribution in [-0.4, -0.2) is 23.5 Å². The summed E-state index contributed by atoms with van der Waals surface area (Å²) in [7, 11) is 0. The van der Waals surface area contributed by atoms with Crippen molar-refractivity contribution in [3.05, 3.63) is 93.5 Å². The summed E-state index contributed by atoms with van der Waals surface area (Å²) in [5.41, 5.74) is 4.67. The van der Waals surface area contributed by atoms with Gasteiger partial charge < -0.3 is 10.1 Å². The Kier molecular flexibility index (Phi) is 7.82. The SMILES string of the molecule is C/C(=N\NC(=O)C(=O)Nc1cc(Cl)cc(Cl)c1)c1ccccc1OC(=O)c1ccc(C)cc1. The zero-order valence-electron chi connectivity index (χ0n) is 17.7. The molecule has 2 N–H and O–H groups in total. The van der Waals surface area contributed by atoms with E-state index in [1.165, 1.54) is 18.2 Å². The lowest BCUT2D eigenvalue weighted by Crippen LogP contribution is -2.33. The van der Waals surface area contributed by atoms with E-state index in [2.05, 4.69) is 15.8 Å².